The number of amidine groups is 1. The van der Waals surface area contributed by atoms with E-state index < -0.39 is 0 Å². The number of hydrogen-bond acceptors (Lipinski definition) is 4. The summed E-state index contributed by atoms with van der Waals surface area (Å²) in [5.41, 5.74) is 7.45. The Bertz CT molecular complexity index is 723. The average molecular weight is 308 g/mol. The quantitative estimate of drug-likeness (QED) is 0.347. The van der Waals surface area contributed by atoms with Crippen molar-refractivity contribution in [1.82, 2.24) is 9.78 Å². The molecule has 7 nitrogen and oxygen atoms in total. The SMILES string of the molecule is Cc1nn(C)cc1C(=O)Nc1ccc(/C(N)=N/O)cc1Cl. The zero-order valence-corrected chi connectivity index (χ0v) is 12.2. The number of hydrogen-bond donors (Lipinski definition) is 3. The molecule has 0 aliphatic carbocycles. The topological polar surface area (TPSA) is 106 Å². The number of amides is 1. The smallest absolute Gasteiger partial charge is 0.259 e. The molecule has 4 N–H and O–H groups in total. The van der Waals surface area contributed by atoms with E-state index in [1.54, 1.807) is 37.0 Å². The molecule has 0 aliphatic heterocycles. The number of halogens is 1. The molecule has 1 amide bonds. The number of anilines is 1. The third-order valence-corrected chi connectivity index (χ3v) is 3.19. The van der Waals surface area contributed by atoms with Gasteiger partial charge in [0.15, 0.2) is 5.84 Å². The minimum absolute atomic E-state index is 0.0575. The summed E-state index contributed by atoms with van der Waals surface area (Å²) < 4.78 is 1.56. The predicted molar refractivity (Wildman–Crippen MR) is 79.9 cm³/mol. The van der Waals surface area contributed by atoms with E-state index in [1.165, 1.54) is 6.07 Å². The summed E-state index contributed by atoms with van der Waals surface area (Å²) in [6, 6.07) is 4.67. The van der Waals surface area contributed by atoms with Gasteiger partial charge in [0, 0.05) is 18.8 Å². The van der Waals surface area contributed by atoms with Crippen LogP contribution >= 0.6 is 11.6 Å². The summed E-state index contributed by atoms with van der Waals surface area (Å²) in [6.07, 6.45) is 1.63. The molecule has 0 fully saturated rings. The fraction of sp³-hybridized carbons (Fsp3) is 0.154. The van der Waals surface area contributed by atoms with Crippen LogP contribution < -0.4 is 11.1 Å². The van der Waals surface area contributed by atoms with Crippen molar-refractivity contribution in [2.45, 2.75) is 6.92 Å². The van der Waals surface area contributed by atoms with E-state index >= 15 is 0 Å². The number of carbonyl (C=O) groups excluding carboxylic acids is 1. The lowest BCUT2D eigenvalue weighted by Crippen LogP contribution is -2.15. The molecule has 1 aromatic carbocycles. The molecule has 0 saturated heterocycles. The van der Waals surface area contributed by atoms with Crippen LogP contribution in [0.15, 0.2) is 29.6 Å². The van der Waals surface area contributed by atoms with Gasteiger partial charge in [-0.05, 0) is 25.1 Å². The average Bonchev–Trinajstić information content (AvgIpc) is 2.79. The lowest BCUT2D eigenvalue weighted by Gasteiger charge is -2.08. The molecule has 1 heterocycles. The molecule has 110 valence electrons. The van der Waals surface area contributed by atoms with E-state index in [2.05, 4.69) is 15.6 Å². The Balaban J connectivity index is 2.24. The Kier molecular flexibility index (Phi) is 4.13. The van der Waals surface area contributed by atoms with E-state index in [4.69, 9.17) is 22.5 Å². The van der Waals surface area contributed by atoms with Crippen molar-refractivity contribution in [3.05, 3.63) is 46.2 Å². The molecule has 2 aromatic rings. The summed E-state index contributed by atoms with van der Waals surface area (Å²) >= 11 is 6.08. The number of nitrogens with two attached hydrogens (primary N) is 1. The molecule has 0 radical (unpaired) electrons. The van der Waals surface area contributed by atoms with E-state index in [1.807, 2.05) is 0 Å². The maximum absolute atomic E-state index is 12.2. The second-order valence-electron chi connectivity index (χ2n) is 4.44. The molecule has 0 spiro atoms. The molecular weight excluding hydrogens is 294 g/mol. The summed E-state index contributed by atoms with van der Waals surface area (Å²) in [7, 11) is 1.74. The van der Waals surface area contributed by atoms with Crippen LogP contribution in [0.4, 0.5) is 5.69 Å². The third-order valence-electron chi connectivity index (χ3n) is 2.88. The first-order valence-corrected chi connectivity index (χ1v) is 6.39. The van der Waals surface area contributed by atoms with Crippen molar-refractivity contribution < 1.29 is 10.0 Å². The molecule has 2 rings (SSSR count). The van der Waals surface area contributed by atoms with Crippen LogP contribution in [0.25, 0.3) is 0 Å². The number of benzene rings is 1. The van der Waals surface area contributed by atoms with Crippen LogP contribution in [0, 0.1) is 6.92 Å². The van der Waals surface area contributed by atoms with Gasteiger partial charge in [0.25, 0.3) is 5.91 Å². The first-order chi connectivity index (χ1) is 9.92. The fourth-order valence-corrected chi connectivity index (χ4v) is 2.07. The molecule has 8 heteroatoms. The Hall–Kier alpha value is -2.54. The highest BCUT2D eigenvalue weighted by Gasteiger charge is 2.14. The lowest BCUT2D eigenvalue weighted by molar-refractivity contribution is 0.102. The normalized spacial score (nSPS) is 11.5. The first-order valence-electron chi connectivity index (χ1n) is 6.01. The molecular formula is C13H14ClN5O2. The number of nitrogens with zero attached hydrogens (tertiary/aromatic N) is 3. The van der Waals surface area contributed by atoms with Gasteiger partial charge < -0.3 is 16.3 Å². The minimum Gasteiger partial charge on any atom is -0.409 e. The molecule has 0 unspecified atom stereocenters. The van der Waals surface area contributed by atoms with Gasteiger partial charge >= 0.3 is 0 Å². The van der Waals surface area contributed by atoms with Crippen molar-refractivity contribution in [3.63, 3.8) is 0 Å². The highest BCUT2D eigenvalue weighted by atomic mass is 35.5. The summed E-state index contributed by atoms with van der Waals surface area (Å²) in [4.78, 5) is 12.2. The van der Waals surface area contributed by atoms with Crippen LogP contribution in [0.5, 0.6) is 0 Å². The molecule has 0 aliphatic rings. The third kappa shape index (κ3) is 3.14. The highest BCUT2D eigenvalue weighted by molar-refractivity contribution is 6.34. The van der Waals surface area contributed by atoms with Crippen molar-refractivity contribution in [2.24, 2.45) is 17.9 Å². The Morgan fingerprint density at radius 1 is 1.52 bits per heavy atom. The number of rotatable bonds is 3. The zero-order valence-electron chi connectivity index (χ0n) is 11.5. The standard InChI is InChI=1S/C13H14ClN5O2/c1-7-9(6-19(2)17-7)13(20)16-11-4-3-8(5-10(11)14)12(15)18-21/h3-6,21H,1-2H3,(H2,15,18)(H,16,20). The summed E-state index contributed by atoms with van der Waals surface area (Å²) in [6.45, 7) is 1.75. The molecule has 0 bridgehead atoms. The minimum atomic E-state index is -0.306. The maximum Gasteiger partial charge on any atom is 0.259 e. The fourth-order valence-electron chi connectivity index (χ4n) is 1.85. The predicted octanol–water partition coefficient (Wildman–Crippen LogP) is 1.73. The van der Waals surface area contributed by atoms with Crippen molar-refractivity contribution >= 4 is 29.0 Å². The van der Waals surface area contributed by atoms with E-state index in [9.17, 15) is 4.79 Å². The number of nitrogens with one attached hydrogen (secondary N) is 1. The second-order valence-corrected chi connectivity index (χ2v) is 4.84. The summed E-state index contributed by atoms with van der Waals surface area (Å²) in [5, 5.41) is 18.6. The maximum atomic E-state index is 12.2. The van der Waals surface area contributed by atoms with E-state index in [0.29, 0.717) is 22.5 Å². The van der Waals surface area contributed by atoms with Crippen molar-refractivity contribution in [1.29, 1.82) is 0 Å². The van der Waals surface area contributed by atoms with Crippen LogP contribution in [0.1, 0.15) is 21.6 Å². The molecule has 0 atom stereocenters. The van der Waals surface area contributed by atoms with Crippen LogP contribution in [0.3, 0.4) is 0 Å². The van der Waals surface area contributed by atoms with Crippen LogP contribution in [-0.4, -0.2) is 26.7 Å². The van der Waals surface area contributed by atoms with Gasteiger partial charge in [-0.15, -0.1) is 0 Å². The van der Waals surface area contributed by atoms with Gasteiger partial charge in [-0.2, -0.15) is 5.10 Å². The Labute approximate surface area is 126 Å². The van der Waals surface area contributed by atoms with Gasteiger partial charge in [0.05, 0.1) is 22.0 Å². The first kappa shape index (κ1) is 14.9. The van der Waals surface area contributed by atoms with Gasteiger partial charge in [-0.3, -0.25) is 9.48 Å². The number of carbonyl (C=O) groups is 1. The van der Waals surface area contributed by atoms with Crippen LogP contribution in [0.2, 0.25) is 5.02 Å². The Morgan fingerprint density at radius 3 is 2.76 bits per heavy atom. The number of oxime groups is 1. The van der Waals surface area contributed by atoms with E-state index in [0.717, 1.165) is 0 Å². The van der Waals surface area contributed by atoms with Gasteiger partial charge in [0.2, 0.25) is 0 Å². The molecule has 21 heavy (non-hydrogen) atoms. The molecule has 0 saturated carbocycles. The summed E-state index contributed by atoms with van der Waals surface area (Å²) in [5.74, 6) is -0.364. The largest absolute Gasteiger partial charge is 0.409 e. The molecule has 1 aromatic heterocycles. The Morgan fingerprint density at radius 2 is 2.24 bits per heavy atom. The van der Waals surface area contributed by atoms with Gasteiger partial charge in [-0.1, -0.05) is 16.8 Å². The number of aryl methyl sites for hydroxylation is 2. The van der Waals surface area contributed by atoms with Gasteiger partial charge in [0.1, 0.15) is 0 Å². The zero-order chi connectivity index (χ0) is 15.6. The second kappa shape index (κ2) is 5.84. The van der Waals surface area contributed by atoms with Crippen molar-refractivity contribution in [3.8, 4) is 0 Å². The highest BCUT2D eigenvalue weighted by Crippen LogP contribution is 2.24. The monoisotopic (exact) mass is 307 g/mol. The van der Waals surface area contributed by atoms with Gasteiger partial charge in [-0.25, -0.2) is 0 Å². The van der Waals surface area contributed by atoms with Crippen molar-refractivity contribution in [2.75, 3.05) is 5.32 Å². The lowest BCUT2D eigenvalue weighted by atomic mass is 10.2. The number of aromatic nitrogens is 2. The van der Waals surface area contributed by atoms with Crippen LogP contribution in [-0.2, 0) is 7.05 Å². The van der Waals surface area contributed by atoms with E-state index in [-0.39, 0.29) is 16.8 Å².